The fraction of sp³-hybridized carbons (Fsp3) is 0.600. The maximum Gasteiger partial charge on any atom is 2.00 e. The molecule has 0 fully saturated rings. The molecule has 0 saturated carbocycles. The molecule has 0 aliphatic carbocycles. The van der Waals surface area contributed by atoms with Crippen molar-refractivity contribution in [3.8, 4) is 0 Å². The minimum Gasteiger partial charge on any atom is -0.549 e. The molecular weight excluding hydrogens is 404 g/mol. The second-order valence-electron chi connectivity index (χ2n) is 3.91. The zero-order valence-corrected chi connectivity index (χ0v) is 13.8. The van der Waals surface area contributed by atoms with Crippen LogP contribution in [-0.4, -0.2) is 78.4 Å². The maximum atomic E-state index is 10.4. The van der Waals surface area contributed by atoms with Gasteiger partial charge in [-0.3, -0.25) is 9.80 Å². The van der Waals surface area contributed by atoms with Crippen LogP contribution < -0.4 is 20.4 Å². The summed E-state index contributed by atoms with van der Waals surface area (Å²) < 4.78 is 0. The predicted molar refractivity (Wildman–Crippen MR) is 56.5 cm³/mol. The topological polar surface area (TPSA) is 198 Å². The second kappa shape index (κ2) is 15.7. The molecule has 134 valence electrons. The molecule has 11 nitrogen and oxygen atoms in total. The molecule has 0 rings (SSSR count). The van der Waals surface area contributed by atoms with E-state index in [0.717, 1.165) is 9.80 Å². The fourth-order valence-corrected chi connectivity index (χ4v) is 1.44. The Morgan fingerprint density at radius 1 is 0.565 bits per heavy atom. The first kappa shape index (κ1) is 29.8. The van der Waals surface area contributed by atoms with Crippen LogP contribution >= 0.6 is 0 Å². The van der Waals surface area contributed by atoms with E-state index < -0.39 is 50.1 Å². The van der Waals surface area contributed by atoms with Crippen LogP contribution in [-0.2, 0) is 53.3 Å². The number of rotatable bonds is 11. The van der Waals surface area contributed by atoms with Crippen molar-refractivity contribution >= 4 is 23.9 Å². The number of hydrogen-bond acceptors (Lipinski definition) is 10. The number of aliphatic carboxylic acids is 4. The van der Waals surface area contributed by atoms with E-state index in [1.54, 1.807) is 0 Å². The first-order valence-electron chi connectivity index (χ1n) is 5.44. The molecule has 0 saturated heterocycles. The third kappa shape index (κ3) is 18.8. The van der Waals surface area contributed by atoms with Gasteiger partial charge in [-0.25, -0.2) is 0 Å². The molecule has 0 atom stereocenters. The molecule has 0 heterocycles. The van der Waals surface area contributed by atoms with Gasteiger partial charge >= 0.3 is 34.1 Å². The molecule has 0 bridgehead atoms. The third-order valence-corrected chi connectivity index (χ3v) is 2.14. The summed E-state index contributed by atoms with van der Waals surface area (Å²) in [4.78, 5) is 43.4. The zero-order valence-electron chi connectivity index (χ0n) is 11.6. The maximum absolute atomic E-state index is 10.4. The summed E-state index contributed by atoms with van der Waals surface area (Å²) >= 11 is 0. The van der Waals surface area contributed by atoms with Gasteiger partial charge < -0.3 is 45.1 Å². The first-order valence-corrected chi connectivity index (χ1v) is 5.44. The SMILES string of the molecule is O.O=C([O-])CN(CCN(CC(=O)[O-])CC(=O)[O-])CC(=O)[O-].[Fe+2].[Fe+2]. The van der Waals surface area contributed by atoms with Crippen LogP contribution in [0, 0.1) is 0 Å². The summed E-state index contributed by atoms with van der Waals surface area (Å²) in [7, 11) is 0. The summed E-state index contributed by atoms with van der Waals surface area (Å²) in [6.07, 6.45) is 0. The Morgan fingerprint density at radius 3 is 0.870 bits per heavy atom. The van der Waals surface area contributed by atoms with Crippen LogP contribution in [0.1, 0.15) is 0 Å². The van der Waals surface area contributed by atoms with Gasteiger partial charge in [0.05, 0.1) is 23.9 Å². The molecule has 0 aliphatic heterocycles. The molecule has 0 aromatic heterocycles. The molecule has 0 aliphatic rings. The van der Waals surface area contributed by atoms with Gasteiger partial charge in [0.1, 0.15) is 0 Å². The van der Waals surface area contributed by atoms with Crippen LogP contribution in [0.2, 0.25) is 0 Å². The molecule has 0 aromatic rings. The molecule has 0 aromatic carbocycles. The van der Waals surface area contributed by atoms with Crippen LogP contribution in [0.3, 0.4) is 0 Å². The number of carbonyl (C=O) groups excluding carboxylic acids is 4. The minimum atomic E-state index is -1.53. The number of carboxylic acids is 4. The van der Waals surface area contributed by atoms with Gasteiger partial charge in [0.15, 0.2) is 0 Å². The number of carboxylic acid groups (broad SMARTS) is 4. The van der Waals surface area contributed by atoms with Crippen LogP contribution in [0.25, 0.3) is 0 Å². The van der Waals surface area contributed by atoms with E-state index in [1.807, 2.05) is 0 Å². The van der Waals surface area contributed by atoms with Crippen molar-refractivity contribution in [1.82, 2.24) is 9.80 Å². The monoisotopic (exact) mass is 418 g/mol. The van der Waals surface area contributed by atoms with Crippen molar-refractivity contribution < 1.29 is 79.2 Å². The summed E-state index contributed by atoms with van der Waals surface area (Å²) in [5.41, 5.74) is 0. The van der Waals surface area contributed by atoms with Crippen LogP contribution in [0.15, 0.2) is 0 Å². The van der Waals surface area contributed by atoms with Crippen molar-refractivity contribution in [2.45, 2.75) is 0 Å². The molecule has 0 unspecified atom stereocenters. The summed E-state index contributed by atoms with van der Waals surface area (Å²) in [5, 5.41) is 41.6. The van der Waals surface area contributed by atoms with Gasteiger partial charge in [-0.2, -0.15) is 0 Å². The molecule has 0 radical (unpaired) electrons. The van der Waals surface area contributed by atoms with E-state index in [9.17, 15) is 39.6 Å². The smallest absolute Gasteiger partial charge is 0.549 e. The Balaban J connectivity index is -0.000000602. The molecule has 23 heavy (non-hydrogen) atoms. The third-order valence-electron chi connectivity index (χ3n) is 2.14. The standard InChI is InChI=1S/C10H16N2O8.2Fe.H2O/c13-7(14)3-11(4-8(15)16)1-2-12(5-9(17)18)6-10(19)20;;;/h1-6H2,(H,13,14)(H,15,16)(H,17,18)(H,19,20);;;1H2/q;2*+2;/p-4. The number of nitrogens with zero attached hydrogens (tertiary/aromatic N) is 2. The van der Waals surface area contributed by atoms with E-state index in [0.29, 0.717) is 0 Å². The fourth-order valence-electron chi connectivity index (χ4n) is 1.44. The van der Waals surface area contributed by atoms with Gasteiger partial charge in [0.25, 0.3) is 0 Å². The van der Waals surface area contributed by atoms with E-state index in [-0.39, 0.29) is 52.7 Å². The van der Waals surface area contributed by atoms with Gasteiger partial charge in [-0.1, -0.05) is 0 Å². The Kier molecular flexibility index (Phi) is 20.3. The normalized spacial score (nSPS) is 9.30. The molecule has 2 N–H and O–H groups in total. The predicted octanol–water partition coefficient (Wildman–Crippen LogP) is -8.24. The van der Waals surface area contributed by atoms with Crippen molar-refractivity contribution in [1.29, 1.82) is 0 Å². The Morgan fingerprint density at radius 2 is 0.739 bits per heavy atom. The van der Waals surface area contributed by atoms with E-state index in [2.05, 4.69) is 0 Å². The molecular formula is C10H14Fe2N2O9. The van der Waals surface area contributed by atoms with Gasteiger partial charge in [0.2, 0.25) is 0 Å². The van der Waals surface area contributed by atoms with Crippen molar-refractivity contribution in [3.63, 3.8) is 0 Å². The van der Waals surface area contributed by atoms with Crippen molar-refractivity contribution in [2.24, 2.45) is 0 Å². The van der Waals surface area contributed by atoms with Crippen LogP contribution in [0.4, 0.5) is 0 Å². The Labute approximate surface area is 152 Å². The van der Waals surface area contributed by atoms with Gasteiger partial charge in [-0.05, 0) is 0 Å². The molecule has 13 heteroatoms. The summed E-state index contributed by atoms with van der Waals surface area (Å²) in [6, 6.07) is 0. The summed E-state index contributed by atoms with van der Waals surface area (Å²) in [6.45, 7) is -3.25. The minimum absolute atomic E-state index is 0. The zero-order chi connectivity index (χ0) is 15.7. The average Bonchev–Trinajstić information content (AvgIpc) is 2.22. The summed E-state index contributed by atoms with van der Waals surface area (Å²) in [5.74, 6) is -6.12. The Bertz CT molecular complexity index is 327. The number of hydrogen-bond donors (Lipinski definition) is 0. The molecule has 0 spiro atoms. The second-order valence-corrected chi connectivity index (χ2v) is 3.91. The Hall–Kier alpha value is -1.20. The first-order chi connectivity index (χ1) is 9.20. The average molecular weight is 418 g/mol. The van der Waals surface area contributed by atoms with E-state index >= 15 is 0 Å². The number of carbonyl (C=O) groups is 4. The quantitative estimate of drug-likeness (QED) is 0.290. The molecule has 0 amide bonds. The van der Waals surface area contributed by atoms with Crippen LogP contribution in [0.5, 0.6) is 0 Å². The largest absolute Gasteiger partial charge is 2.00 e. The van der Waals surface area contributed by atoms with Gasteiger partial charge in [-0.15, -0.1) is 0 Å². The van der Waals surface area contributed by atoms with E-state index in [1.165, 1.54) is 0 Å². The van der Waals surface area contributed by atoms with Crippen molar-refractivity contribution in [3.05, 3.63) is 0 Å². The van der Waals surface area contributed by atoms with Gasteiger partial charge in [0, 0.05) is 39.3 Å². The van der Waals surface area contributed by atoms with Crippen molar-refractivity contribution in [2.75, 3.05) is 39.3 Å². The van der Waals surface area contributed by atoms with E-state index in [4.69, 9.17) is 0 Å².